The minimum absolute atomic E-state index is 0. The van der Waals surface area contributed by atoms with Crippen LogP contribution in [-0.2, 0) is 201 Å². The Kier molecular flexibility index (Phi) is 2090. The number of hydrogen-bond acceptors (Lipinski definition) is 0. The molecular formula is S8V5-16. The molecule has 13 heteroatoms. The summed E-state index contributed by atoms with van der Waals surface area (Å²) in [6.45, 7) is 0. The third-order valence-electron chi connectivity index (χ3n) is 0. The molecule has 0 aromatic rings. The molecule has 0 aliphatic heterocycles. The molecule has 0 amide bonds. The second-order valence-corrected chi connectivity index (χ2v) is 0. The Bertz CT molecular complexity index is 12.5. The second kappa shape index (κ2) is 151. The molecule has 0 fully saturated rings. The number of hydrogen-bond donors (Lipinski definition) is 0. The average molecular weight is 511 g/mol. The molecule has 0 rings (SSSR count). The Labute approximate surface area is 197 Å². The SMILES string of the molecule is [S-2].[S-2].[S-2].[S-2].[S-2].[S-2].[S-2].[S-2].[V].[V].[V].[V].[V]. The molecule has 0 nitrogen and oxygen atoms in total. The zero-order valence-electron chi connectivity index (χ0n) is 5.50. The Morgan fingerprint density at radius 1 is 0.154 bits per heavy atom. The van der Waals surface area contributed by atoms with E-state index in [-0.39, 0.29) is 201 Å². The van der Waals surface area contributed by atoms with Crippen molar-refractivity contribution in [1.29, 1.82) is 0 Å². The summed E-state index contributed by atoms with van der Waals surface area (Å²) in [4.78, 5) is 0. The van der Waals surface area contributed by atoms with Gasteiger partial charge in [-0.3, -0.25) is 0 Å². The first-order valence-corrected chi connectivity index (χ1v) is 0. The molecule has 0 aromatic carbocycles. The molecule has 5 radical (unpaired) electrons. The van der Waals surface area contributed by atoms with Gasteiger partial charge in [0.1, 0.15) is 0 Å². The van der Waals surface area contributed by atoms with Crippen molar-refractivity contribution in [3.8, 4) is 0 Å². The molecular weight excluding hydrogens is 511 g/mol. The van der Waals surface area contributed by atoms with Gasteiger partial charge in [-0.1, -0.05) is 0 Å². The van der Waals surface area contributed by atoms with E-state index in [0.717, 1.165) is 0 Å². The maximum absolute atomic E-state index is 0. The number of rotatable bonds is 0. The predicted octanol–water partition coefficient (Wildman–Crippen LogP) is -0.0317. The van der Waals surface area contributed by atoms with Crippen LogP contribution in [0.25, 0.3) is 0 Å². The van der Waals surface area contributed by atoms with Crippen LogP contribution in [0.5, 0.6) is 0 Å². The molecule has 0 aliphatic carbocycles. The first-order valence-electron chi connectivity index (χ1n) is 0. The molecule has 0 spiro atoms. The van der Waals surface area contributed by atoms with Gasteiger partial charge in [0.2, 0.25) is 0 Å². The van der Waals surface area contributed by atoms with Crippen LogP contribution >= 0.6 is 0 Å². The molecule has 0 aromatic heterocycles. The summed E-state index contributed by atoms with van der Waals surface area (Å²) in [5, 5.41) is 0. The van der Waals surface area contributed by atoms with Gasteiger partial charge in [0.25, 0.3) is 0 Å². The van der Waals surface area contributed by atoms with Crippen LogP contribution in [0.3, 0.4) is 0 Å². The van der Waals surface area contributed by atoms with Crippen LogP contribution in [0.1, 0.15) is 0 Å². The zero-order chi connectivity index (χ0) is 0. The van der Waals surface area contributed by atoms with Gasteiger partial charge in [0.05, 0.1) is 0 Å². The van der Waals surface area contributed by atoms with E-state index in [1.165, 1.54) is 0 Å². The van der Waals surface area contributed by atoms with E-state index in [9.17, 15) is 0 Å². The van der Waals surface area contributed by atoms with Gasteiger partial charge in [-0.25, -0.2) is 0 Å². The van der Waals surface area contributed by atoms with E-state index in [0.29, 0.717) is 0 Å². The third-order valence-corrected chi connectivity index (χ3v) is 0. The van der Waals surface area contributed by atoms with Crippen molar-refractivity contribution in [2.75, 3.05) is 0 Å². The zero-order valence-corrected chi connectivity index (χ0v) is 19.0. The quantitative estimate of drug-likeness (QED) is 0.429. The van der Waals surface area contributed by atoms with Gasteiger partial charge in [-0.15, -0.1) is 0 Å². The summed E-state index contributed by atoms with van der Waals surface area (Å²) in [5.41, 5.74) is 0. The average Bonchev–Trinajstić information content (AvgIpc) is 0. The fourth-order valence-corrected chi connectivity index (χ4v) is 0. The van der Waals surface area contributed by atoms with E-state index in [1.807, 2.05) is 0 Å². The molecule has 0 aliphatic rings. The fourth-order valence-electron chi connectivity index (χ4n) is 0. The van der Waals surface area contributed by atoms with Gasteiger partial charge in [-0.2, -0.15) is 0 Å². The van der Waals surface area contributed by atoms with E-state index in [1.54, 1.807) is 0 Å². The van der Waals surface area contributed by atoms with Crippen molar-refractivity contribution in [3.63, 3.8) is 0 Å². The maximum Gasteiger partial charge on any atom is 0 e. The van der Waals surface area contributed by atoms with E-state index >= 15 is 0 Å². The summed E-state index contributed by atoms with van der Waals surface area (Å²) in [6.07, 6.45) is 0. The minimum atomic E-state index is 0. The van der Waals surface area contributed by atoms with Crippen molar-refractivity contribution in [3.05, 3.63) is 0 Å². The van der Waals surface area contributed by atoms with Gasteiger partial charge >= 0.3 is 0 Å². The summed E-state index contributed by atoms with van der Waals surface area (Å²) in [7, 11) is 0. The van der Waals surface area contributed by atoms with Crippen LogP contribution in [-0.4, -0.2) is 0 Å². The Hall–Kier alpha value is 5.72. The molecule has 0 N–H and O–H groups in total. The molecule has 0 heterocycles. The Balaban J connectivity index is 0. The summed E-state index contributed by atoms with van der Waals surface area (Å²) >= 11 is 0. The van der Waals surface area contributed by atoms with E-state index < -0.39 is 0 Å². The van der Waals surface area contributed by atoms with Crippen molar-refractivity contribution in [2.45, 2.75) is 0 Å². The Morgan fingerprint density at radius 2 is 0.154 bits per heavy atom. The Morgan fingerprint density at radius 3 is 0.154 bits per heavy atom. The van der Waals surface area contributed by atoms with Crippen molar-refractivity contribution >= 4 is 108 Å². The van der Waals surface area contributed by atoms with E-state index in [4.69, 9.17) is 0 Å². The second-order valence-electron chi connectivity index (χ2n) is 0. The van der Waals surface area contributed by atoms with Gasteiger partial charge in [-0.05, 0) is 0 Å². The van der Waals surface area contributed by atoms with E-state index in [2.05, 4.69) is 0 Å². The first-order chi connectivity index (χ1) is 0. The fraction of sp³-hybridized carbons (Fsp3) is 0. The van der Waals surface area contributed by atoms with Gasteiger partial charge in [0, 0.05) is 92.8 Å². The monoisotopic (exact) mass is 511 g/mol. The summed E-state index contributed by atoms with van der Waals surface area (Å²) < 4.78 is 0. The molecule has 13 heavy (non-hydrogen) atoms. The van der Waals surface area contributed by atoms with Crippen LogP contribution < -0.4 is 0 Å². The molecule has 0 unspecified atom stereocenters. The molecule has 0 atom stereocenters. The largest absolute Gasteiger partial charge is 2.00 e. The van der Waals surface area contributed by atoms with Crippen LogP contribution in [0.15, 0.2) is 0 Å². The summed E-state index contributed by atoms with van der Waals surface area (Å²) in [5.74, 6) is 0. The topological polar surface area (TPSA) is 0 Å². The molecule has 0 bridgehead atoms. The van der Waals surface area contributed by atoms with Crippen molar-refractivity contribution < 1.29 is 92.8 Å². The van der Waals surface area contributed by atoms with Crippen LogP contribution in [0.2, 0.25) is 0 Å². The normalized spacial score (nSPS) is 0. The minimum Gasteiger partial charge on any atom is -2.00 e. The van der Waals surface area contributed by atoms with Crippen molar-refractivity contribution in [2.24, 2.45) is 0 Å². The smallest absolute Gasteiger partial charge is 0 e. The molecule has 0 saturated carbocycles. The van der Waals surface area contributed by atoms with Gasteiger partial charge < -0.3 is 108 Å². The van der Waals surface area contributed by atoms with Crippen LogP contribution in [0, 0.1) is 0 Å². The van der Waals surface area contributed by atoms with Crippen molar-refractivity contribution in [1.82, 2.24) is 0 Å². The molecule has 0 saturated heterocycles. The maximum atomic E-state index is 0. The van der Waals surface area contributed by atoms with Gasteiger partial charge in [0.15, 0.2) is 0 Å². The molecule has 89 valence electrons. The predicted molar refractivity (Wildman–Crippen MR) is 58.9 cm³/mol. The van der Waals surface area contributed by atoms with Crippen LogP contribution in [0.4, 0.5) is 0 Å². The summed E-state index contributed by atoms with van der Waals surface area (Å²) in [6, 6.07) is 0. The third kappa shape index (κ3) is 134. The first kappa shape index (κ1) is 180. The standard InChI is InChI=1S/8S.5V/q8*-2;;;;;.